The molecular formula is C20H24ClN5O3S. The first-order chi connectivity index (χ1) is 14.5. The highest BCUT2D eigenvalue weighted by Gasteiger charge is 2.27. The molecule has 1 aliphatic heterocycles. The van der Waals surface area contributed by atoms with Gasteiger partial charge in [-0.25, -0.2) is 4.98 Å². The van der Waals surface area contributed by atoms with Crippen LogP contribution >= 0.6 is 22.9 Å². The molecule has 0 unspecified atom stereocenters. The number of aryl methyl sites for hydroxylation is 2. The molecule has 2 aromatic heterocycles. The zero-order valence-electron chi connectivity index (χ0n) is 17.2. The van der Waals surface area contributed by atoms with E-state index in [2.05, 4.69) is 10.00 Å². The Labute approximate surface area is 183 Å². The van der Waals surface area contributed by atoms with Crippen LogP contribution in [0.3, 0.4) is 0 Å². The van der Waals surface area contributed by atoms with Gasteiger partial charge in [-0.15, -0.1) is 0 Å². The number of carbonyl (C=O) groups is 1. The van der Waals surface area contributed by atoms with Crippen LogP contribution in [0.25, 0.3) is 10.2 Å². The second-order valence-corrected chi connectivity index (χ2v) is 8.55. The summed E-state index contributed by atoms with van der Waals surface area (Å²) in [5, 5.41) is 5.54. The van der Waals surface area contributed by atoms with Crippen LogP contribution in [0.4, 0.5) is 5.13 Å². The van der Waals surface area contributed by atoms with Crippen molar-refractivity contribution in [2.75, 3.05) is 51.4 Å². The molecule has 1 fully saturated rings. The number of carbonyl (C=O) groups excluding carboxylic acids is 1. The average molecular weight is 450 g/mol. The Morgan fingerprint density at radius 2 is 2.13 bits per heavy atom. The van der Waals surface area contributed by atoms with E-state index < -0.39 is 0 Å². The number of anilines is 1. The van der Waals surface area contributed by atoms with Gasteiger partial charge >= 0.3 is 0 Å². The Morgan fingerprint density at radius 3 is 2.80 bits per heavy atom. The van der Waals surface area contributed by atoms with Gasteiger partial charge < -0.3 is 9.47 Å². The van der Waals surface area contributed by atoms with E-state index in [0.29, 0.717) is 46.9 Å². The summed E-state index contributed by atoms with van der Waals surface area (Å²) in [6, 6.07) is 3.57. The Hall–Kier alpha value is -2.20. The molecule has 1 aromatic carbocycles. The average Bonchev–Trinajstić information content (AvgIpc) is 3.33. The van der Waals surface area contributed by atoms with Crippen molar-refractivity contribution >= 4 is 44.2 Å². The SMILES string of the molecule is COc1ccc(Cl)c2sc(N(CCN3CCOCC3)C(=O)c3nn(C)cc3C)nc12. The predicted molar refractivity (Wildman–Crippen MR) is 118 cm³/mol. The monoisotopic (exact) mass is 449 g/mol. The van der Waals surface area contributed by atoms with Crippen molar-refractivity contribution in [3.8, 4) is 5.75 Å². The van der Waals surface area contributed by atoms with Crippen molar-refractivity contribution in [1.82, 2.24) is 19.7 Å². The van der Waals surface area contributed by atoms with E-state index in [9.17, 15) is 4.79 Å². The number of ether oxygens (including phenoxy) is 2. The first-order valence-electron chi connectivity index (χ1n) is 9.73. The third-order valence-electron chi connectivity index (χ3n) is 5.10. The van der Waals surface area contributed by atoms with E-state index in [0.717, 1.165) is 29.9 Å². The summed E-state index contributed by atoms with van der Waals surface area (Å²) in [4.78, 5) is 22.2. The molecule has 8 nitrogen and oxygen atoms in total. The molecule has 160 valence electrons. The van der Waals surface area contributed by atoms with Gasteiger partial charge in [0.05, 0.1) is 30.0 Å². The molecule has 4 rings (SSSR count). The van der Waals surface area contributed by atoms with Gasteiger partial charge in [-0.05, 0) is 19.1 Å². The topological polar surface area (TPSA) is 72.7 Å². The molecular weight excluding hydrogens is 426 g/mol. The third-order valence-corrected chi connectivity index (χ3v) is 6.64. The van der Waals surface area contributed by atoms with E-state index in [1.807, 2.05) is 20.2 Å². The van der Waals surface area contributed by atoms with Crippen LogP contribution in [0.1, 0.15) is 16.1 Å². The number of benzene rings is 1. The number of methoxy groups -OCH3 is 1. The van der Waals surface area contributed by atoms with Crippen molar-refractivity contribution in [3.63, 3.8) is 0 Å². The van der Waals surface area contributed by atoms with Gasteiger partial charge in [0.25, 0.3) is 5.91 Å². The summed E-state index contributed by atoms with van der Waals surface area (Å²) >= 11 is 7.79. The van der Waals surface area contributed by atoms with Gasteiger partial charge in [0, 0.05) is 45.0 Å². The number of hydrogen-bond acceptors (Lipinski definition) is 7. The Bertz CT molecular complexity index is 1060. The maximum Gasteiger partial charge on any atom is 0.280 e. The summed E-state index contributed by atoms with van der Waals surface area (Å²) in [7, 11) is 3.41. The maximum atomic E-state index is 13.5. The van der Waals surface area contributed by atoms with E-state index >= 15 is 0 Å². The zero-order valence-corrected chi connectivity index (χ0v) is 18.8. The molecule has 10 heteroatoms. The fourth-order valence-electron chi connectivity index (χ4n) is 3.52. The number of morpholine rings is 1. The molecule has 3 heterocycles. The lowest BCUT2D eigenvalue weighted by Crippen LogP contribution is -2.43. The standard InChI is InChI=1S/C20H24ClN5O3S/c1-13-12-24(2)23-16(13)19(27)26(7-6-25-8-10-29-11-9-25)20-22-17-15(28-3)5-4-14(21)18(17)30-20/h4-5,12H,6-11H2,1-3H3. The molecule has 0 spiro atoms. The third kappa shape index (κ3) is 4.15. The number of thiazole rings is 1. The number of halogens is 1. The van der Waals surface area contributed by atoms with E-state index in [-0.39, 0.29) is 5.91 Å². The minimum absolute atomic E-state index is 0.171. The van der Waals surface area contributed by atoms with Crippen LogP contribution in [0.2, 0.25) is 5.02 Å². The molecule has 1 saturated heterocycles. The fraction of sp³-hybridized carbons (Fsp3) is 0.450. The van der Waals surface area contributed by atoms with Crippen molar-refractivity contribution < 1.29 is 14.3 Å². The van der Waals surface area contributed by atoms with Gasteiger partial charge in [-0.3, -0.25) is 19.3 Å². The molecule has 0 radical (unpaired) electrons. The van der Waals surface area contributed by atoms with Crippen LogP contribution in [0.15, 0.2) is 18.3 Å². The van der Waals surface area contributed by atoms with Crippen LogP contribution in [0.5, 0.6) is 5.75 Å². The Morgan fingerprint density at radius 1 is 1.37 bits per heavy atom. The number of hydrogen-bond donors (Lipinski definition) is 0. The smallest absolute Gasteiger partial charge is 0.280 e. The Kier molecular flexibility index (Phi) is 6.24. The van der Waals surface area contributed by atoms with Crippen molar-refractivity contribution in [2.45, 2.75) is 6.92 Å². The minimum Gasteiger partial charge on any atom is -0.494 e. The van der Waals surface area contributed by atoms with Crippen LogP contribution in [-0.4, -0.2) is 72.1 Å². The first kappa shape index (κ1) is 21.0. The summed E-state index contributed by atoms with van der Waals surface area (Å²) < 4.78 is 13.3. The lowest BCUT2D eigenvalue weighted by Gasteiger charge is -2.29. The van der Waals surface area contributed by atoms with Crippen LogP contribution in [-0.2, 0) is 11.8 Å². The molecule has 0 aliphatic carbocycles. The molecule has 0 saturated carbocycles. The molecule has 1 aliphatic rings. The second-order valence-electron chi connectivity index (χ2n) is 7.17. The summed E-state index contributed by atoms with van der Waals surface area (Å²) in [5.41, 5.74) is 1.92. The number of aromatic nitrogens is 3. The van der Waals surface area contributed by atoms with E-state index in [4.69, 9.17) is 26.1 Å². The zero-order chi connectivity index (χ0) is 21.3. The van der Waals surface area contributed by atoms with Crippen molar-refractivity contribution in [2.24, 2.45) is 7.05 Å². The summed E-state index contributed by atoms with van der Waals surface area (Å²) in [6.07, 6.45) is 1.84. The maximum absolute atomic E-state index is 13.5. The molecule has 0 N–H and O–H groups in total. The largest absolute Gasteiger partial charge is 0.494 e. The van der Waals surface area contributed by atoms with Crippen molar-refractivity contribution in [3.05, 3.63) is 34.6 Å². The van der Waals surface area contributed by atoms with Gasteiger partial charge in [0.2, 0.25) is 0 Å². The lowest BCUT2D eigenvalue weighted by molar-refractivity contribution is 0.0391. The minimum atomic E-state index is -0.171. The molecule has 30 heavy (non-hydrogen) atoms. The number of rotatable bonds is 6. The van der Waals surface area contributed by atoms with Gasteiger partial charge in [0.1, 0.15) is 11.3 Å². The summed E-state index contributed by atoms with van der Waals surface area (Å²) in [6.45, 7) is 6.23. The first-order valence-corrected chi connectivity index (χ1v) is 10.9. The van der Waals surface area contributed by atoms with Crippen molar-refractivity contribution in [1.29, 1.82) is 0 Å². The molecule has 1 amide bonds. The van der Waals surface area contributed by atoms with E-state index in [1.165, 1.54) is 11.3 Å². The van der Waals surface area contributed by atoms with E-state index in [1.54, 1.807) is 28.8 Å². The number of amides is 1. The highest BCUT2D eigenvalue weighted by Crippen LogP contribution is 2.39. The number of nitrogens with zero attached hydrogens (tertiary/aromatic N) is 5. The van der Waals surface area contributed by atoms with Crippen LogP contribution in [0, 0.1) is 6.92 Å². The highest BCUT2D eigenvalue weighted by molar-refractivity contribution is 7.23. The normalized spacial score (nSPS) is 14.9. The van der Waals surface area contributed by atoms with Gasteiger partial charge in [-0.2, -0.15) is 5.10 Å². The molecule has 3 aromatic rings. The predicted octanol–water partition coefficient (Wildman–Crippen LogP) is 2.98. The fourth-order valence-corrected chi connectivity index (χ4v) is 4.80. The molecule has 0 bridgehead atoms. The quantitative estimate of drug-likeness (QED) is 0.576. The molecule has 0 atom stereocenters. The van der Waals surface area contributed by atoms with Gasteiger partial charge in [0.15, 0.2) is 10.8 Å². The second kappa shape index (κ2) is 8.89. The van der Waals surface area contributed by atoms with Crippen LogP contribution < -0.4 is 9.64 Å². The Balaban J connectivity index is 1.70. The highest BCUT2D eigenvalue weighted by atomic mass is 35.5. The van der Waals surface area contributed by atoms with Gasteiger partial charge in [-0.1, -0.05) is 22.9 Å². The number of fused-ring (bicyclic) bond motifs is 1. The lowest BCUT2D eigenvalue weighted by atomic mass is 10.2. The summed E-state index contributed by atoms with van der Waals surface area (Å²) in [5.74, 6) is 0.460.